The molecule has 0 aliphatic rings. The van der Waals surface area contributed by atoms with Gasteiger partial charge in [-0.3, -0.25) is 0 Å². The Morgan fingerprint density at radius 2 is 1.58 bits per heavy atom. The molecule has 1 N–H and O–H groups in total. The summed E-state index contributed by atoms with van der Waals surface area (Å²) in [6, 6.07) is 15.7. The molecule has 2 aromatic rings. The third kappa shape index (κ3) is 4.34. The van der Waals surface area contributed by atoms with Crippen molar-refractivity contribution in [3.63, 3.8) is 0 Å². The zero-order valence-electron chi connectivity index (χ0n) is 10.5. The maximum Gasteiger partial charge on any atom is 0.341 e. The summed E-state index contributed by atoms with van der Waals surface area (Å²) in [5.74, 6) is -0.409. The van der Waals surface area contributed by atoms with Crippen molar-refractivity contribution in [3.05, 3.63) is 54.1 Å². The van der Waals surface area contributed by atoms with Crippen molar-refractivity contribution in [1.29, 1.82) is 0 Å². The van der Waals surface area contributed by atoms with Crippen molar-refractivity contribution in [2.24, 2.45) is 0 Å². The lowest BCUT2D eigenvalue weighted by atomic mass is 10.2. The largest absolute Gasteiger partial charge is 0.482 e. The molecule has 3 nitrogen and oxygen atoms in total. The van der Waals surface area contributed by atoms with Crippen LogP contribution in [-0.2, 0) is 4.79 Å². The van der Waals surface area contributed by atoms with E-state index in [1.54, 1.807) is 23.9 Å². The first kappa shape index (κ1) is 13.5. The Kier molecular flexibility index (Phi) is 4.47. The first-order chi connectivity index (χ1) is 9.13. The van der Waals surface area contributed by atoms with Crippen LogP contribution in [0.5, 0.6) is 5.75 Å². The summed E-state index contributed by atoms with van der Waals surface area (Å²) in [7, 11) is 0. The molecule has 0 spiro atoms. The van der Waals surface area contributed by atoms with Gasteiger partial charge in [-0.2, -0.15) is 0 Å². The molecule has 0 amide bonds. The van der Waals surface area contributed by atoms with Crippen LogP contribution in [0.3, 0.4) is 0 Å². The summed E-state index contributed by atoms with van der Waals surface area (Å²) >= 11 is 1.66. The monoisotopic (exact) mass is 274 g/mol. The lowest BCUT2D eigenvalue weighted by Gasteiger charge is -2.05. The highest BCUT2D eigenvalue weighted by atomic mass is 32.2. The zero-order valence-corrected chi connectivity index (χ0v) is 11.3. The van der Waals surface area contributed by atoms with Gasteiger partial charge in [-0.25, -0.2) is 4.79 Å². The molecule has 2 rings (SSSR count). The van der Waals surface area contributed by atoms with E-state index >= 15 is 0 Å². The first-order valence-electron chi connectivity index (χ1n) is 5.83. The number of carboxylic acid groups (broad SMARTS) is 1. The van der Waals surface area contributed by atoms with Crippen LogP contribution in [0, 0.1) is 6.92 Å². The molecular formula is C15H14O3S. The standard InChI is InChI=1S/C15H14O3S/c1-11-2-6-13(7-3-11)19-14-8-4-12(5-9-14)18-10-15(16)17/h2-9H,10H2,1H3,(H,16,17). The molecule has 0 unspecified atom stereocenters. The third-order valence-electron chi connectivity index (χ3n) is 2.44. The highest BCUT2D eigenvalue weighted by molar-refractivity contribution is 7.99. The third-order valence-corrected chi connectivity index (χ3v) is 3.46. The minimum absolute atomic E-state index is 0.315. The van der Waals surface area contributed by atoms with E-state index in [0.717, 1.165) is 4.90 Å². The second kappa shape index (κ2) is 6.29. The second-order valence-electron chi connectivity index (χ2n) is 4.07. The minimum Gasteiger partial charge on any atom is -0.482 e. The highest BCUT2D eigenvalue weighted by Gasteiger charge is 2.01. The van der Waals surface area contributed by atoms with Crippen LogP contribution in [0.1, 0.15) is 5.56 Å². The van der Waals surface area contributed by atoms with Gasteiger partial charge in [-0.1, -0.05) is 29.5 Å². The van der Waals surface area contributed by atoms with Gasteiger partial charge < -0.3 is 9.84 Å². The Morgan fingerprint density at radius 3 is 2.11 bits per heavy atom. The fourth-order valence-corrected chi connectivity index (χ4v) is 2.31. The number of carbonyl (C=O) groups is 1. The number of aryl methyl sites for hydroxylation is 1. The summed E-state index contributed by atoms with van der Waals surface area (Å²) in [6.45, 7) is 1.74. The lowest BCUT2D eigenvalue weighted by Crippen LogP contribution is -2.09. The van der Waals surface area contributed by atoms with E-state index in [0.29, 0.717) is 5.75 Å². The Hall–Kier alpha value is -1.94. The maximum atomic E-state index is 10.4. The minimum atomic E-state index is -0.974. The van der Waals surface area contributed by atoms with Gasteiger partial charge in [0.25, 0.3) is 0 Å². The van der Waals surface area contributed by atoms with Gasteiger partial charge >= 0.3 is 5.97 Å². The van der Waals surface area contributed by atoms with Crippen LogP contribution in [-0.4, -0.2) is 17.7 Å². The Balaban J connectivity index is 1.98. The molecule has 4 heteroatoms. The summed E-state index contributed by atoms with van der Waals surface area (Å²) in [5.41, 5.74) is 1.24. The second-order valence-corrected chi connectivity index (χ2v) is 5.22. The van der Waals surface area contributed by atoms with E-state index in [4.69, 9.17) is 9.84 Å². The fourth-order valence-electron chi connectivity index (χ4n) is 1.49. The van der Waals surface area contributed by atoms with Crippen molar-refractivity contribution in [2.45, 2.75) is 16.7 Å². The number of hydrogen-bond acceptors (Lipinski definition) is 3. The van der Waals surface area contributed by atoms with E-state index in [2.05, 4.69) is 31.2 Å². The molecule has 0 fully saturated rings. The summed E-state index contributed by atoms with van der Waals surface area (Å²) in [4.78, 5) is 12.6. The number of carboxylic acids is 1. The van der Waals surface area contributed by atoms with Crippen LogP contribution in [0.4, 0.5) is 0 Å². The average molecular weight is 274 g/mol. The Bertz CT molecular complexity index is 547. The molecule has 0 radical (unpaired) electrons. The van der Waals surface area contributed by atoms with Gasteiger partial charge in [0, 0.05) is 9.79 Å². The quantitative estimate of drug-likeness (QED) is 0.904. The van der Waals surface area contributed by atoms with E-state index in [9.17, 15) is 4.79 Å². The molecule has 0 aliphatic carbocycles. The number of ether oxygens (including phenoxy) is 1. The van der Waals surface area contributed by atoms with Gasteiger partial charge in [0.2, 0.25) is 0 Å². The van der Waals surface area contributed by atoms with Gasteiger partial charge in [0.05, 0.1) is 0 Å². The highest BCUT2D eigenvalue weighted by Crippen LogP contribution is 2.29. The molecule has 2 aromatic carbocycles. The molecule has 0 heterocycles. The van der Waals surface area contributed by atoms with Gasteiger partial charge in [-0.15, -0.1) is 0 Å². The normalized spacial score (nSPS) is 10.2. The SMILES string of the molecule is Cc1ccc(Sc2ccc(OCC(=O)O)cc2)cc1. The topological polar surface area (TPSA) is 46.5 Å². The molecule has 0 atom stereocenters. The number of rotatable bonds is 5. The van der Waals surface area contributed by atoms with E-state index in [1.807, 2.05) is 12.1 Å². The summed E-state index contributed by atoms with van der Waals surface area (Å²) in [6.07, 6.45) is 0. The predicted molar refractivity (Wildman–Crippen MR) is 74.9 cm³/mol. The molecule has 19 heavy (non-hydrogen) atoms. The molecule has 0 saturated carbocycles. The fraction of sp³-hybridized carbons (Fsp3) is 0.133. The zero-order chi connectivity index (χ0) is 13.7. The molecule has 98 valence electrons. The summed E-state index contributed by atoms with van der Waals surface area (Å²) in [5, 5.41) is 8.52. The van der Waals surface area contributed by atoms with Crippen molar-refractivity contribution in [3.8, 4) is 5.75 Å². The maximum absolute atomic E-state index is 10.4. The van der Waals surface area contributed by atoms with Crippen molar-refractivity contribution < 1.29 is 14.6 Å². The van der Waals surface area contributed by atoms with E-state index < -0.39 is 5.97 Å². The van der Waals surface area contributed by atoms with E-state index in [-0.39, 0.29) is 6.61 Å². The Morgan fingerprint density at radius 1 is 1.05 bits per heavy atom. The lowest BCUT2D eigenvalue weighted by molar-refractivity contribution is -0.139. The Labute approximate surface area is 116 Å². The molecule has 0 bridgehead atoms. The van der Waals surface area contributed by atoms with Crippen LogP contribution in [0.15, 0.2) is 58.3 Å². The predicted octanol–water partition coefficient (Wildman–Crippen LogP) is 3.61. The number of hydrogen-bond donors (Lipinski definition) is 1. The van der Waals surface area contributed by atoms with Crippen LogP contribution < -0.4 is 4.74 Å². The van der Waals surface area contributed by atoms with E-state index in [1.165, 1.54) is 10.5 Å². The summed E-state index contributed by atoms with van der Waals surface area (Å²) < 4.78 is 5.08. The molecule has 0 aromatic heterocycles. The van der Waals surface area contributed by atoms with Gasteiger partial charge in [0.1, 0.15) is 5.75 Å². The van der Waals surface area contributed by atoms with Gasteiger partial charge in [0.15, 0.2) is 6.61 Å². The van der Waals surface area contributed by atoms with Crippen molar-refractivity contribution in [2.75, 3.05) is 6.61 Å². The molecule has 0 saturated heterocycles. The van der Waals surface area contributed by atoms with Crippen molar-refractivity contribution >= 4 is 17.7 Å². The van der Waals surface area contributed by atoms with Crippen LogP contribution in [0.2, 0.25) is 0 Å². The van der Waals surface area contributed by atoms with Gasteiger partial charge in [-0.05, 0) is 43.3 Å². The molecular weight excluding hydrogens is 260 g/mol. The smallest absolute Gasteiger partial charge is 0.341 e. The molecule has 0 aliphatic heterocycles. The average Bonchev–Trinajstić information content (AvgIpc) is 2.40. The first-order valence-corrected chi connectivity index (χ1v) is 6.64. The van der Waals surface area contributed by atoms with Crippen LogP contribution >= 0.6 is 11.8 Å². The van der Waals surface area contributed by atoms with Crippen LogP contribution in [0.25, 0.3) is 0 Å². The number of aliphatic carboxylic acids is 1. The number of benzene rings is 2. The van der Waals surface area contributed by atoms with Crippen molar-refractivity contribution in [1.82, 2.24) is 0 Å².